The summed E-state index contributed by atoms with van der Waals surface area (Å²) in [4.78, 5) is 13.9. The van der Waals surface area contributed by atoms with E-state index >= 15 is 0 Å². The lowest BCUT2D eigenvalue weighted by Gasteiger charge is -2.12. The molecule has 0 aliphatic carbocycles. The predicted octanol–water partition coefficient (Wildman–Crippen LogP) is 12.2. The maximum atomic E-state index is 8.73. The molecule has 7 aromatic carbocycles. The molecule has 3 nitrogen and oxygen atoms in total. The number of nitrogens with zero attached hydrogens (tertiary/aromatic N) is 3. The van der Waals surface area contributed by atoms with Crippen molar-refractivity contribution in [2.75, 3.05) is 0 Å². The fourth-order valence-electron chi connectivity index (χ4n) is 6.03. The molecular formula is C45H29N3S. The van der Waals surface area contributed by atoms with Crippen molar-refractivity contribution in [1.29, 1.82) is 0 Å². The molecule has 0 radical (unpaired) electrons. The second kappa shape index (κ2) is 12.4. The maximum Gasteiger partial charge on any atom is 0.164 e. The molecule has 0 saturated carbocycles. The highest BCUT2D eigenvalue weighted by atomic mass is 32.1. The summed E-state index contributed by atoms with van der Waals surface area (Å²) in [6.07, 6.45) is 0. The van der Waals surface area contributed by atoms with E-state index in [4.69, 9.17) is 23.7 Å². The van der Waals surface area contributed by atoms with Crippen LogP contribution < -0.4 is 0 Å². The minimum atomic E-state index is -0.600. The largest absolute Gasteiger partial charge is 0.208 e. The fourth-order valence-corrected chi connectivity index (χ4v) is 7.14. The van der Waals surface area contributed by atoms with Gasteiger partial charge in [-0.1, -0.05) is 139 Å². The molecule has 0 atom stereocenters. The average molecular weight is 654 g/mol. The Balaban J connectivity index is 1.31. The van der Waals surface area contributed by atoms with Crippen LogP contribution in [0.25, 0.3) is 87.7 Å². The van der Waals surface area contributed by atoms with E-state index in [-0.39, 0.29) is 28.6 Å². The van der Waals surface area contributed by atoms with E-state index in [0.717, 1.165) is 53.6 Å². The molecule has 0 aliphatic rings. The summed E-state index contributed by atoms with van der Waals surface area (Å²) in [6, 6.07) is 33.0. The monoisotopic (exact) mass is 653 g/mol. The molecule has 0 unspecified atom stereocenters. The third-order valence-corrected chi connectivity index (χ3v) is 9.44. The summed E-state index contributed by atoms with van der Waals surface area (Å²) < 4.78 is 86.5. The molecule has 4 heteroatoms. The summed E-state index contributed by atoms with van der Waals surface area (Å²) >= 11 is 1.56. The third-order valence-electron chi connectivity index (χ3n) is 8.30. The van der Waals surface area contributed by atoms with Crippen LogP contribution in [0.4, 0.5) is 0 Å². The second-order valence-electron chi connectivity index (χ2n) is 11.3. The number of rotatable bonds is 6. The Bertz CT molecular complexity index is 2970. The van der Waals surface area contributed by atoms with E-state index in [1.54, 1.807) is 17.4 Å². The highest BCUT2D eigenvalue weighted by molar-refractivity contribution is 7.26. The van der Waals surface area contributed by atoms with Gasteiger partial charge in [0.2, 0.25) is 0 Å². The van der Waals surface area contributed by atoms with Crippen molar-refractivity contribution in [2.45, 2.75) is 0 Å². The van der Waals surface area contributed by atoms with Crippen LogP contribution in [0.1, 0.15) is 13.7 Å². The zero-order valence-corrected chi connectivity index (χ0v) is 26.5. The van der Waals surface area contributed by atoms with Crippen molar-refractivity contribution in [3.8, 4) is 67.5 Å². The van der Waals surface area contributed by atoms with Gasteiger partial charge in [0.1, 0.15) is 0 Å². The summed E-state index contributed by atoms with van der Waals surface area (Å²) in [7, 11) is 0. The first-order valence-electron chi connectivity index (χ1n) is 20.5. The van der Waals surface area contributed by atoms with Gasteiger partial charge in [-0.25, -0.2) is 15.0 Å². The Labute approximate surface area is 302 Å². The number of hydrogen-bond donors (Lipinski definition) is 0. The molecule has 0 amide bonds. The van der Waals surface area contributed by atoms with Crippen molar-refractivity contribution in [3.05, 3.63) is 176 Å². The molecular weight excluding hydrogens is 615 g/mol. The van der Waals surface area contributed by atoms with Crippen LogP contribution in [0.3, 0.4) is 0 Å². The Kier molecular flexibility index (Phi) is 5.12. The number of fused-ring (bicyclic) bond motifs is 3. The van der Waals surface area contributed by atoms with Gasteiger partial charge in [0, 0.05) is 36.9 Å². The fraction of sp³-hybridized carbons (Fsp3) is 0. The highest BCUT2D eigenvalue weighted by Crippen LogP contribution is 2.42. The van der Waals surface area contributed by atoms with Crippen LogP contribution in [0, 0.1) is 0 Å². The van der Waals surface area contributed by atoms with Crippen molar-refractivity contribution < 1.29 is 13.7 Å². The van der Waals surface area contributed by atoms with E-state index < -0.39 is 60.4 Å². The van der Waals surface area contributed by atoms with Gasteiger partial charge in [0.15, 0.2) is 17.5 Å². The van der Waals surface area contributed by atoms with Gasteiger partial charge in [-0.05, 0) is 69.8 Å². The zero-order valence-electron chi connectivity index (χ0n) is 35.7. The van der Waals surface area contributed by atoms with Gasteiger partial charge < -0.3 is 0 Å². The first kappa shape index (κ1) is 20.2. The molecule has 0 aliphatic heterocycles. The Morgan fingerprint density at radius 3 is 1.49 bits per heavy atom. The third kappa shape index (κ3) is 5.58. The van der Waals surface area contributed by atoms with Gasteiger partial charge in [0.05, 0.1) is 13.7 Å². The highest BCUT2D eigenvalue weighted by Gasteiger charge is 2.18. The van der Waals surface area contributed by atoms with Crippen LogP contribution >= 0.6 is 11.3 Å². The predicted molar refractivity (Wildman–Crippen MR) is 205 cm³/mol. The van der Waals surface area contributed by atoms with Gasteiger partial charge in [-0.3, -0.25) is 0 Å². The minimum Gasteiger partial charge on any atom is -0.208 e. The van der Waals surface area contributed by atoms with Crippen molar-refractivity contribution in [2.24, 2.45) is 0 Å². The van der Waals surface area contributed by atoms with Gasteiger partial charge in [-0.15, -0.1) is 11.3 Å². The number of aromatic nitrogens is 3. The lowest BCUT2D eigenvalue weighted by molar-refractivity contribution is 1.08. The standard InChI is InChI=1S/C45H29N3S/c1-5-14-30(15-6-1)35-26-36(31-16-7-2-8-17-31)28-37(27-35)34-24-25-40-39(29-34)42-38(22-13-23-41(42)49-40)45-47-43(32-18-9-3-10-19-32)46-44(48-45)33-20-11-4-12-21-33/h1-29H/i3D,4D,9D,10D,11D,12D,18D,19D,20D,21D. The van der Waals surface area contributed by atoms with E-state index in [0.29, 0.717) is 5.56 Å². The van der Waals surface area contributed by atoms with E-state index in [1.807, 2.05) is 48.5 Å². The number of thiophene rings is 1. The number of benzene rings is 7. The van der Waals surface area contributed by atoms with Gasteiger partial charge in [0.25, 0.3) is 0 Å². The molecule has 230 valence electrons. The summed E-state index contributed by atoms with van der Waals surface area (Å²) in [6.45, 7) is 0. The van der Waals surface area contributed by atoms with Gasteiger partial charge >= 0.3 is 0 Å². The van der Waals surface area contributed by atoms with Crippen LogP contribution in [0.2, 0.25) is 0 Å². The lowest BCUT2D eigenvalue weighted by Crippen LogP contribution is -2.00. The van der Waals surface area contributed by atoms with Crippen LogP contribution in [-0.4, -0.2) is 15.0 Å². The molecule has 49 heavy (non-hydrogen) atoms. The van der Waals surface area contributed by atoms with E-state index in [1.165, 1.54) is 0 Å². The maximum absolute atomic E-state index is 8.73. The molecule has 0 fully saturated rings. The first-order chi connectivity index (χ1) is 28.4. The Morgan fingerprint density at radius 2 is 0.918 bits per heavy atom. The average Bonchev–Trinajstić information content (AvgIpc) is 3.65. The van der Waals surface area contributed by atoms with Gasteiger partial charge in [-0.2, -0.15) is 0 Å². The smallest absolute Gasteiger partial charge is 0.164 e. The van der Waals surface area contributed by atoms with Crippen molar-refractivity contribution >= 4 is 31.5 Å². The number of hydrogen-bond acceptors (Lipinski definition) is 4. The van der Waals surface area contributed by atoms with Crippen molar-refractivity contribution in [1.82, 2.24) is 15.0 Å². The zero-order chi connectivity index (χ0) is 41.3. The van der Waals surface area contributed by atoms with E-state index in [2.05, 4.69) is 65.6 Å². The van der Waals surface area contributed by atoms with Crippen LogP contribution in [-0.2, 0) is 0 Å². The molecule has 9 rings (SSSR count). The minimum absolute atomic E-state index is 0.0248. The SMILES string of the molecule is [2H]c1c([2H])c([2H])c(-c2nc(-c3c([2H])c([2H])c([2H])c([2H])c3[2H])nc(-c3cccc4sc5ccc(-c6cc(-c7ccccc7)cc(-c7ccccc7)c6)cc5c34)n2)c([2H])c1[2H]. The Hall–Kier alpha value is -6.23. The lowest BCUT2D eigenvalue weighted by atomic mass is 9.92. The molecule has 0 saturated heterocycles. The molecule has 2 heterocycles. The van der Waals surface area contributed by atoms with E-state index in [9.17, 15) is 0 Å². The molecule has 0 bridgehead atoms. The second-order valence-corrected chi connectivity index (χ2v) is 12.4. The normalized spacial score (nSPS) is 14.1. The summed E-state index contributed by atoms with van der Waals surface area (Å²) in [5, 5.41) is 1.67. The summed E-state index contributed by atoms with van der Waals surface area (Å²) in [5.74, 6) is -0.592. The molecule has 0 spiro atoms. The molecule has 9 aromatic rings. The quantitative estimate of drug-likeness (QED) is 0.179. The topological polar surface area (TPSA) is 38.7 Å². The van der Waals surface area contributed by atoms with Crippen molar-refractivity contribution in [3.63, 3.8) is 0 Å². The molecule has 2 aromatic heterocycles. The Morgan fingerprint density at radius 1 is 0.388 bits per heavy atom. The van der Waals surface area contributed by atoms with Crippen LogP contribution in [0.15, 0.2) is 176 Å². The molecule has 0 N–H and O–H groups in total. The summed E-state index contributed by atoms with van der Waals surface area (Å²) in [5.41, 5.74) is 6.11. The first-order valence-corrected chi connectivity index (χ1v) is 16.4. The van der Waals surface area contributed by atoms with Crippen LogP contribution in [0.5, 0.6) is 0 Å².